The van der Waals surface area contributed by atoms with Crippen LogP contribution < -0.4 is 20.3 Å². The monoisotopic (exact) mass is 494 g/mol. The van der Waals surface area contributed by atoms with Crippen molar-refractivity contribution in [3.05, 3.63) is 41.5 Å². The molecule has 4 N–H and O–H groups in total. The van der Waals surface area contributed by atoms with E-state index in [1.165, 1.54) is 24.8 Å². The summed E-state index contributed by atoms with van der Waals surface area (Å²) in [5, 5.41) is 24.8. The Hall–Kier alpha value is -2.96. The molecule has 4 heterocycles. The summed E-state index contributed by atoms with van der Waals surface area (Å²) in [7, 11) is 0. The molecule has 1 saturated heterocycles. The van der Waals surface area contributed by atoms with E-state index in [9.17, 15) is 10.1 Å². The van der Waals surface area contributed by atoms with E-state index in [2.05, 4.69) is 38.2 Å². The molecule has 0 unspecified atom stereocenters. The maximum absolute atomic E-state index is 13.4. The Balaban J connectivity index is 1.66. The van der Waals surface area contributed by atoms with Crippen molar-refractivity contribution in [3.8, 4) is 6.07 Å². The number of hydrogen-bond acceptors (Lipinski definition) is 8. The lowest BCUT2D eigenvalue weighted by atomic mass is 9.76. The summed E-state index contributed by atoms with van der Waals surface area (Å²) in [5.74, 6) is 1.28. The van der Waals surface area contributed by atoms with Gasteiger partial charge in [0.2, 0.25) is 0 Å². The Labute approximate surface area is 211 Å². The number of hydrogen-bond donors (Lipinski definition) is 4. The highest BCUT2D eigenvalue weighted by atomic mass is 32.2. The van der Waals surface area contributed by atoms with E-state index in [1.807, 2.05) is 18.2 Å². The summed E-state index contributed by atoms with van der Waals surface area (Å²) < 4.78 is 3.27. The van der Waals surface area contributed by atoms with Crippen LogP contribution in [0.15, 0.2) is 30.3 Å². The van der Waals surface area contributed by atoms with Crippen molar-refractivity contribution in [3.63, 3.8) is 0 Å². The maximum atomic E-state index is 13.4. The fourth-order valence-corrected chi connectivity index (χ4v) is 5.25. The zero-order valence-electron chi connectivity index (χ0n) is 20.3. The summed E-state index contributed by atoms with van der Waals surface area (Å²) in [6.45, 7) is 5.05. The fraction of sp³-hybridized carbons (Fsp3) is 0.500. The molecule has 9 heteroatoms. The van der Waals surface area contributed by atoms with Gasteiger partial charge in [0, 0.05) is 31.1 Å². The first kappa shape index (κ1) is 25.1. The molecule has 3 aliphatic rings. The van der Waals surface area contributed by atoms with Crippen LogP contribution in [0, 0.1) is 16.7 Å². The first-order valence-electron chi connectivity index (χ1n) is 12.4. The molecule has 8 nitrogen and oxygen atoms in total. The van der Waals surface area contributed by atoms with E-state index < -0.39 is 0 Å². The van der Waals surface area contributed by atoms with Crippen LogP contribution in [0.5, 0.6) is 0 Å². The highest BCUT2D eigenvalue weighted by Gasteiger charge is 2.31. The van der Waals surface area contributed by atoms with Crippen LogP contribution in [0.3, 0.4) is 0 Å². The number of benzene rings is 1. The quantitative estimate of drug-likeness (QED) is 0.352. The lowest BCUT2D eigenvalue weighted by molar-refractivity contribution is 0.102. The standard InChI is InChI=1S/C26H34N6O2S/c1-26-9-3-2-4-12-28-24-19(18-27)5-8-23(29-24)30-25(34)21-7-6-20(31-35-16-15-33)17-22(21)32(13-10-26)14-11-26/h5-8,17,31,33H,2-4,9-16H2,1H3,(H2,28,29,30,34). The number of nitrogens with one attached hydrogen (secondary N) is 3. The number of carbonyl (C=O) groups is 1. The number of pyridine rings is 1. The molecule has 0 aliphatic carbocycles. The van der Waals surface area contributed by atoms with Crippen molar-refractivity contribution in [2.45, 2.75) is 45.4 Å². The number of anilines is 4. The Kier molecular flexibility index (Phi) is 8.37. The second-order valence-electron chi connectivity index (χ2n) is 9.60. The first-order chi connectivity index (χ1) is 17.0. The highest BCUT2D eigenvalue weighted by Crippen LogP contribution is 2.39. The number of aliphatic hydroxyl groups is 1. The summed E-state index contributed by atoms with van der Waals surface area (Å²) in [4.78, 5) is 20.2. The lowest BCUT2D eigenvalue weighted by Crippen LogP contribution is -2.39. The first-order valence-corrected chi connectivity index (χ1v) is 13.3. The van der Waals surface area contributed by atoms with Crippen LogP contribution in [0.4, 0.5) is 23.0 Å². The molecule has 1 aromatic heterocycles. The summed E-state index contributed by atoms with van der Waals surface area (Å²) in [5.41, 5.74) is 3.17. The number of nitrogens with zero attached hydrogens (tertiary/aromatic N) is 3. The molecule has 1 amide bonds. The molecule has 1 fully saturated rings. The largest absolute Gasteiger partial charge is 0.395 e. The van der Waals surface area contributed by atoms with E-state index in [4.69, 9.17) is 5.11 Å². The molecular formula is C26H34N6O2S. The predicted octanol–water partition coefficient (Wildman–Crippen LogP) is 4.85. The molecular weight excluding hydrogens is 460 g/mol. The van der Waals surface area contributed by atoms with Gasteiger partial charge in [-0.2, -0.15) is 5.26 Å². The summed E-state index contributed by atoms with van der Waals surface area (Å²) >= 11 is 1.44. The van der Waals surface area contributed by atoms with Crippen molar-refractivity contribution in [1.29, 1.82) is 5.26 Å². The third kappa shape index (κ3) is 6.38. The Bertz CT molecular complexity index is 1080. The van der Waals surface area contributed by atoms with Gasteiger partial charge < -0.3 is 25.4 Å². The molecule has 0 atom stereocenters. The molecule has 35 heavy (non-hydrogen) atoms. The second-order valence-corrected chi connectivity index (χ2v) is 10.5. The van der Waals surface area contributed by atoms with Crippen LogP contribution in [0.1, 0.15) is 61.4 Å². The van der Waals surface area contributed by atoms with Crippen LogP contribution in [-0.2, 0) is 0 Å². The van der Waals surface area contributed by atoms with Gasteiger partial charge in [0.05, 0.1) is 23.4 Å². The number of aromatic nitrogens is 1. The van der Waals surface area contributed by atoms with Crippen LogP contribution in [0.25, 0.3) is 0 Å². The Morgan fingerprint density at radius 1 is 1.20 bits per heavy atom. The molecule has 1 aromatic carbocycles. The van der Waals surface area contributed by atoms with Gasteiger partial charge in [-0.15, -0.1) is 0 Å². The SMILES string of the molecule is CC12CCCCCNc3nc(ccc3C#N)NC(=O)c3ccc(NSCCO)cc3N(CC1)CC2. The second kappa shape index (κ2) is 11.6. The molecule has 0 saturated carbocycles. The van der Waals surface area contributed by atoms with Crippen molar-refractivity contribution in [1.82, 2.24) is 4.98 Å². The van der Waals surface area contributed by atoms with Crippen molar-refractivity contribution >= 4 is 40.9 Å². The average molecular weight is 495 g/mol. The Morgan fingerprint density at radius 3 is 2.80 bits per heavy atom. The molecule has 5 rings (SSSR count). The van der Waals surface area contributed by atoms with Gasteiger partial charge in [0.1, 0.15) is 17.7 Å². The Morgan fingerprint density at radius 2 is 2.03 bits per heavy atom. The number of piperidine rings is 1. The topological polar surface area (TPSA) is 113 Å². The van der Waals surface area contributed by atoms with Gasteiger partial charge in [-0.05, 0) is 61.4 Å². The zero-order valence-corrected chi connectivity index (χ0v) is 21.1. The zero-order chi connectivity index (χ0) is 24.7. The van der Waals surface area contributed by atoms with Gasteiger partial charge in [0.15, 0.2) is 0 Å². The van der Waals surface area contributed by atoms with Crippen molar-refractivity contribution in [2.24, 2.45) is 5.41 Å². The average Bonchev–Trinajstić information content (AvgIpc) is 2.86. The molecule has 0 radical (unpaired) electrons. The fourth-order valence-electron chi connectivity index (χ4n) is 4.76. The minimum atomic E-state index is -0.227. The lowest BCUT2D eigenvalue weighted by Gasteiger charge is -2.41. The molecule has 0 spiro atoms. The number of carbonyl (C=O) groups excluding carboxylic acids is 1. The number of amides is 1. The maximum Gasteiger partial charge on any atom is 0.258 e. The van der Waals surface area contributed by atoms with Crippen LogP contribution in [-0.4, -0.2) is 48.0 Å². The number of fused-ring (bicyclic) bond motifs is 8. The normalized spacial score (nSPS) is 18.0. The van der Waals surface area contributed by atoms with E-state index >= 15 is 0 Å². The molecule has 3 aliphatic heterocycles. The van der Waals surface area contributed by atoms with Gasteiger partial charge in [0.25, 0.3) is 5.91 Å². The van der Waals surface area contributed by atoms with Gasteiger partial charge in [-0.3, -0.25) is 4.79 Å². The van der Waals surface area contributed by atoms with E-state index in [0.29, 0.717) is 33.9 Å². The molecule has 4 bridgehead atoms. The smallest absolute Gasteiger partial charge is 0.258 e. The summed E-state index contributed by atoms with van der Waals surface area (Å²) in [6.07, 6.45) is 6.72. The van der Waals surface area contributed by atoms with E-state index in [0.717, 1.165) is 56.7 Å². The van der Waals surface area contributed by atoms with Crippen molar-refractivity contribution < 1.29 is 9.90 Å². The highest BCUT2D eigenvalue weighted by molar-refractivity contribution is 8.00. The van der Waals surface area contributed by atoms with Crippen LogP contribution >= 0.6 is 11.9 Å². The minimum absolute atomic E-state index is 0.101. The number of rotatable bonds is 4. The number of nitriles is 1. The minimum Gasteiger partial charge on any atom is -0.395 e. The number of aliphatic hydroxyl groups excluding tert-OH is 1. The molecule has 186 valence electrons. The third-order valence-electron chi connectivity index (χ3n) is 6.94. The van der Waals surface area contributed by atoms with Gasteiger partial charge in [-0.25, -0.2) is 4.98 Å². The van der Waals surface area contributed by atoms with E-state index in [-0.39, 0.29) is 12.5 Å². The van der Waals surface area contributed by atoms with E-state index in [1.54, 1.807) is 12.1 Å². The molecule has 2 aromatic rings. The summed E-state index contributed by atoms with van der Waals surface area (Å²) in [6, 6.07) is 11.3. The van der Waals surface area contributed by atoms with Crippen LogP contribution in [0.2, 0.25) is 0 Å². The van der Waals surface area contributed by atoms with Gasteiger partial charge in [-0.1, -0.05) is 31.7 Å². The van der Waals surface area contributed by atoms with Crippen molar-refractivity contribution in [2.75, 3.05) is 52.2 Å². The van der Waals surface area contributed by atoms with Gasteiger partial charge >= 0.3 is 0 Å². The third-order valence-corrected chi connectivity index (χ3v) is 7.71. The predicted molar refractivity (Wildman–Crippen MR) is 143 cm³/mol.